The Morgan fingerprint density at radius 2 is 1.70 bits per heavy atom. The molecule has 0 saturated carbocycles. The first-order valence-electron chi connectivity index (χ1n) is 10.1. The number of benzene rings is 2. The van der Waals surface area contributed by atoms with Gasteiger partial charge in [-0.15, -0.1) is 0 Å². The molecule has 0 bridgehead atoms. The molecule has 168 valence electrons. The third-order valence-electron chi connectivity index (χ3n) is 5.18. The molecule has 0 saturated heterocycles. The number of hydrogen-bond donors (Lipinski definition) is 1. The van der Waals surface area contributed by atoms with Crippen LogP contribution < -0.4 is 10.1 Å². The highest BCUT2D eigenvalue weighted by molar-refractivity contribution is 6.04. The van der Waals surface area contributed by atoms with Gasteiger partial charge in [0.05, 0.1) is 11.3 Å². The highest BCUT2D eigenvalue weighted by Crippen LogP contribution is 2.24. The minimum atomic E-state index is -0.930. The van der Waals surface area contributed by atoms with Crippen LogP contribution in [0.5, 0.6) is 11.6 Å². The topological polar surface area (TPSA) is 81.9 Å². The zero-order chi connectivity index (χ0) is 23.7. The minimum Gasteiger partial charge on any atom is -0.439 e. The van der Waals surface area contributed by atoms with Crippen molar-refractivity contribution >= 4 is 11.6 Å². The molecule has 0 radical (unpaired) electrons. The highest BCUT2D eigenvalue weighted by Gasteiger charge is 2.14. The van der Waals surface area contributed by atoms with Crippen molar-refractivity contribution in [2.45, 2.75) is 27.7 Å². The monoisotopic (exact) mass is 449 g/mol. The molecule has 0 spiro atoms. The van der Waals surface area contributed by atoms with E-state index in [1.807, 2.05) is 20.8 Å². The molecule has 0 aliphatic rings. The smallest absolute Gasteiger partial charge is 0.258 e. The molecule has 1 amide bonds. The number of nitrogens with one attached hydrogen (secondary N) is 1. The summed E-state index contributed by atoms with van der Waals surface area (Å²) in [6, 6.07) is 11.0. The minimum absolute atomic E-state index is 0.250. The van der Waals surface area contributed by atoms with E-state index in [1.165, 1.54) is 0 Å². The number of hydrogen-bond acceptors (Lipinski definition) is 5. The van der Waals surface area contributed by atoms with Crippen LogP contribution in [0, 0.1) is 39.3 Å². The van der Waals surface area contributed by atoms with Crippen molar-refractivity contribution < 1.29 is 18.3 Å². The van der Waals surface area contributed by atoms with E-state index < -0.39 is 17.5 Å². The summed E-state index contributed by atoms with van der Waals surface area (Å²) in [5.74, 6) is -0.420. The summed E-state index contributed by atoms with van der Waals surface area (Å²) < 4.78 is 34.5. The van der Waals surface area contributed by atoms with E-state index in [0.717, 1.165) is 29.1 Å². The summed E-state index contributed by atoms with van der Waals surface area (Å²) in [7, 11) is 0. The number of carbonyl (C=O) groups excluding carboxylic acids is 1. The second kappa shape index (κ2) is 8.78. The quantitative estimate of drug-likeness (QED) is 0.452. The van der Waals surface area contributed by atoms with Crippen LogP contribution >= 0.6 is 0 Å². The third-order valence-corrected chi connectivity index (χ3v) is 5.18. The summed E-state index contributed by atoms with van der Waals surface area (Å²) in [4.78, 5) is 21.0. The molecule has 0 aliphatic carbocycles. The maximum atomic E-state index is 13.8. The normalized spacial score (nSPS) is 10.8. The number of nitrogens with zero attached hydrogens (tertiary/aromatic N) is 4. The van der Waals surface area contributed by atoms with Crippen LogP contribution in [0.15, 0.2) is 48.5 Å². The number of ether oxygens (including phenoxy) is 1. The van der Waals surface area contributed by atoms with Crippen LogP contribution in [-0.4, -0.2) is 25.7 Å². The van der Waals surface area contributed by atoms with Gasteiger partial charge in [-0.1, -0.05) is 0 Å². The van der Waals surface area contributed by atoms with Crippen LogP contribution in [-0.2, 0) is 0 Å². The van der Waals surface area contributed by atoms with Crippen molar-refractivity contribution in [1.29, 1.82) is 0 Å². The molecule has 0 unspecified atom stereocenters. The van der Waals surface area contributed by atoms with Gasteiger partial charge < -0.3 is 10.1 Å². The van der Waals surface area contributed by atoms with Gasteiger partial charge in [-0.2, -0.15) is 10.1 Å². The van der Waals surface area contributed by atoms with E-state index in [4.69, 9.17) is 4.74 Å². The molecule has 4 aromatic rings. The fourth-order valence-electron chi connectivity index (χ4n) is 3.23. The number of rotatable bonds is 5. The Labute approximate surface area is 189 Å². The number of anilines is 1. The second-order valence-corrected chi connectivity index (χ2v) is 7.52. The van der Waals surface area contributed by atoms with Gasteiger partial charge >= 0.3 is 0 Å². The number of amides is 1. The first-order chi connectivity index (χ1) is 15.7. The lowest BCUT2D eigenvalue weighted by Gasteiger charge is -2.10. The Morgan fingerprint density at radius 3 is 2.33 bits per heavy atom. The van der Waals surface area contributed by atoms with E-state index in [0.29, 0.717) is 35.0 Å². The van der Waals surface area contributed by atoms with Crippen molar-refractivity contribution in [2.24, 2.45) is 0 Å². The number of halogens is 2. The van der Waals surface area contributed by atoms with Gasteiger partial charge in [0, 0.05) is 23.5 Å². The molecule has 33 heavy (non-hydrogen) atoms. The molecule has 0 fully saturated rings. The molecule has 7 nitrogen and oxygen atoms in total. The molecule has 2 aromatic carbocycles. The SMILES string of the molecule is Cc1nc(Oc2ccc(NC(=O)c3ccc(F)cc3F)cc2)cc(-n2nc(C)c(C)c2C)n1. The van der Waals surface area contributed by atoms with Crippen LogP contribution in [0.3, 0.4) is 0 Å². The van der Waals surface area contributed by atoms with Crippen LogP contribution in [0.25, 0.3) is 5.82 Å². The van der Waals surface area contributed by atoms with E-state index in [9.17, 15) is 13.6 Å². The molecule has 2 aromatic heterocycles. The molecule has 1 N–H and O–H groups in total. The zero-order valence-electron chi connectivity index (χ0n) is 18.5. The van der Waals surface area contributed by atoms with Gasteiger partial charge in [0.1, 0.15) is 23.2 Å². The highest BCUT2D eigenvalue weighted by atomic mass is 19.1. The van der Waals surface area contributed by atoms with E-state index in [1.54, 1.807) is 41.9 Å². The van der Waals surface area contributed by atoms with Gasteiger partial charge in [0.2, 0.25) is 5.88 Å². The van der Waals surface area contributed by atoms with Gasteiger partial charge in [0.25, 0.3) is 5.91 Å². The lowest BCUT2D eigenvalue weighted by Crippen LogP contribution is -2.13. The summed E-state index contributed by atoms with van der Waals surface area (Å²) >= 11 is 0. The summed E-state index contributed by atoms with van der Waals surface area (Å²) in [6.07, 6.45) is 0. The molecule has 4 rings (SSSR count). The van der Waals surface area contributed by atoms with Gasteiger partial charge in [-0.25, -0.2) is 18.4 Å². The average molecular weight is 449 g/mol. The van der Waals surface area contributed by atoms with E-state index in [2.05, 4.69) is 20.4 Å². The first-order valence-corrected chi connectivity index (χ1v) is 10.1. The van der Waals surface area contributed by atoms with Crippen molar-refractivity contribution in [3.8, 4) is 17.4 Å². The largest absolute Gasteiger partial charge is 0.439 e. The molecule has 0 aliphatic heterocycles. The van der Waals surface area contributed by atoms with Crippen LogP contribution in [0.2, 0.25) is 0 Å². The number of carbonyl (C=O) groups is 1. The van der Waals surface area contributed by atoms with Crippen LogP contribution in [0.4, 0.5) is 14.5 Å². The molecule has 0 atom stereocenters. The molecule has 2 heterocycles. The van der Waals surface area contributed by atoms with Gasteiger partial charge in [-0.05, 0) is 69.7 Å². The fourth-order valence-corrected chi connectivity index (χ4v) is 3.23. The Kier molecular flexibility index (Phi) is 5.87. The lowest BCUT2D eigenvalue weighted by molar-refractivity contribution is 0.102. The fraction of sp³-hybridized carbons (Fsp3) is 0.167. The van der Waals surface area contributed by atoms with Crippen molar-refractivity contribution in [1.82, 2.24) is 19.7 Å². The lowest BCUT2D eigenvalue weighted by atomic mass is 10.2. The predicted octanol–water partition coefficient (Wildman–Crippen LogP) is 5.22. The Hall–Kier alpha value is -4.14. The zero-order valence-corrected chi connectivity index (χ0v) is 18.5. The first kappa shape index (κ1) is 22.1. The summed E-state index contributed by atoms with van der Waals surface area (Å²) in [5.41, 5.74) is 3.17. The average Bonchev–Trinajstić information content (AvgIpc) is 3.02. The maximum absolute atomic E-state index is 13.8. The van der Waals surface area contributed by atoms with Gasteiger partial charge in [0.15, 0.2) is 5.82 Å². The Balaban J connectivity index is 1.50. The summed E-state index contributed by atoms with van der Waals surface area (Å²) in [6.45, 7) is 7.68. The van der Waals surface area contributed by atoms with Crippen LogP contribution in [0.1, 0.15) is 33.1 Å². The number of aromatic nitrogens is 4. The Bertz CT molecular complexity index is 1350. The van der Waals surface area contributed by atoms with Gasteiger partial charge in [-0.3, -0.25) is 4.79 Å². The molecular formula is C24H21F2N5O2. The number of aryl methyl sites for hydroxylation is 2. The molecule has 9 heteroatoms. The van der Waals surface area contributed by atoms with E-state index >= 15 is 0 Å². The van der Waals surface area contributed by atoms with Crippen molar-refractivity contribution in [3.05, 3.63) is 88.5 Å². The molecular weight excluding hydrogens is 428 g/mol. The standard InChI is InChI=1S/C24H21F2N5O2/c1-13-14(2)30-31(15(13)3)22-12-23(28-16(4)27-22)33-19-8-6-18(7-9-19)29-24(32)20-10-5-17(25)11-21(20)26/h5-12H,1-4H3,(H,29,32). The predicted molar refractivity (Wildman–Crippen MR) is 119 cm³/mol. The summed E-state index contributed by atoms with van der Waals surface area (Å²) in [5, 5.41) is 7.10. The van der Waals surface area contributed by atoms with Crippen molar-refractivity contribution in [2.75, 3.05) is 5.32 Å². The maximum Gasteiger partial charge on any atom is 0.258 e. The van der Waals surface area contributed by atoms with Crippen molar-refractivity contribution in [3.63, 3.8) is 0 Å². The second-order valence-electron chi connectivity index (χ2n) is 7.52. The Morgan fingerprint density at radius 1 is 0.970 bits per heavy atom. The van der Waals surface area contributed by atoms with E-state index in [-0.39, 0.29) is 5.56 Å². The third kappa shape index (κ3) is 4.72.